The van der Waals surface area contributed by atoms with Gasteiger partial charge in [-0.2, -0.15) is 0 Å². The lowest BCUT2D eigenvalue weighted by Gasteiger charge is -2.15. The highest BCUT2D eigenvalue weighted by molar-refractivity contribution is 6.30. The van der Waals surface area contributed by atoms with Gasteiger partial charge in [0.15, 0.2) is 18.1 Å². The fourth-order valence-electron chi connectivity index (χ4n) is 2.20. The molecule has 0 heterocycles. The van der Waals surface area contributed by atoms with Crippen molar-refractivity contribution in [3.8, 4) is 11.5 Å². The number of carbonyl (C=O) groups is 2. The summed E-state index contributed by atoms with van der Waals surface area (Å²) in [6, 6.07) is 11.2. The first-order chi connectivity index (χ1) is 11.9. The summed E-state index contributed by atoms with van der Waals surface area (Å²) in [4.78, 5) is 24.0. The van der Waals surface area contributed by atoms with Gasteiger partial charge in [0.1, 0.15) is 5.56 Å². The van der Waals surface area contributed by atoms with E-state index in [0.29, 0.717) is 5.02 Å². The van der Waals surface area contributed by atoms with Crippen molar-refractivity contribution in [1.29, 1.82) is 0 Å². The van der Waals surface area contributed by atoms with Crippen LogP contribution in [0.25, 0.3) is 0 Å². The summed E-state index contributed by atoms with van der Waals surface area (Å²) in [7, 11) is 1.37. The smallest absolute Gasteiger partial charge is 0.342 e. The summed E-state index contributed by atoms with van der Waals surface area (Å²) < 4.78 is 9.86. The molecule has 0 aromatic heterocycles. The van der Waals surface area contributed by atoms with Crippen molar-refractivity contribution in [3.05, 3.63) is 58.6 Å². The number of para-hydroxylation sites is 1. The minimum atomic E-state index is -0.818. The van der Waals surface area contributed by atoms with Gasteiger partial charge in [0.2, 0.25) is 0 Å². The predicted molar refractivity (Wildman–Crippen MR) is 93.0 cm³/mol. The summed E-state index contributed by atoms with van der Waals surface area (Å²) >= 11 is 5.92. The maximum Gasteiger partial charge on any atom is 0.342 e. The van der Waals surface area contributed by atoms with Crippen LogP contribution in [-0.2, 0) is 9.53 Å². The number of ether oxygens (including phenoxy) is 2. The molecule has 0 saturated carbocycles. The van der Waals surface area contributed by atoms with Gasteiger partial charge in [-0.25, -0.2) is 4.79 Å². The molecule has 7 heteroatoms. The molecule has 2 rings (SSSR count). The van der Waals surface area contributed by atoms with E-state index in [4.69, 9.17) is 21.1 Å². The Hall–Kier alpha value is -2.73. The van der Waals surface area contributed by atoms with E-state index < -0.39 is 18.5 Å². The molecule has 0 bridgehead atoms. The Labute approximate surface area is 150 Å². The van der Waals surface area contributed by atoms with Crippen molar-refractivity contribution >= 4 is 23.5 Å². The predicted octanol–water partition coefficient (Wildman–Crippen LogP) is 3.09. The van der Waals surface area contributed by atoms with Crippen molar-refractivity contribution in [2.24, 2.45) is 0 Å². The van der Waals surface area contributed by atoms with E-state index >= 15 is 0 Å². The normalized spacial score (nSPS) is 11.5. The maximum absolute atomic E-state index is 12.0. The Morgan fingerprint density at radius 2 is 1.96 bits per heavy atom. The van der Waals surface area contributed by atoms with Crippen LogP contribution >= 0.6 is 11.6 Å². The molecule has 0 spiro atoms. The van der Waals surface area contributed by atoms with Gasteiger partial charge < -0.3 is 19.9 Å². The largest absolute Gasteiger partial charge is 0.504 e. The SMILES string of the molecule is COc1cccc(C(=O)OCC(=O)NC(C)c2cccc(Cl)c2)c1O. The van der Waals surface area contributed by atoms with Gasteiger partial charge >= 0.3 is 5.97 Å². The van der Waals surface area contributed by atoms with Gasteiger partial charge in [-0.15, -0.1) is 0 Å². The molecule has 25 heavy (non-hydrogen) atoms. The molecule has 0 fully saturated rings. The summed E-state index contributed by atoms with van der Waals surface area (Å²) in [5, 5.41) is 13.2. The van der Waals surface area contributed by atoms with Gasteiger partial charge in [0, 0.05) is 5.02 Å². The van der Waals surface area contributed by atoms with Crippen LogP contribution in [-0.4, -0.2) is 30.7 Å². The molecule has 1 unspecified atom stereocenters. The van der Waals surface area contributed by atoms with Crippen molar-refractivity contribution in [1.82, 2.24) is 5.32 Å². The minimum Gasteiger partial charge on any atom is -0.504 e. The number of rotatable bonds is 6. The lowest BCUT2D eigenvalue weighted by molar-refractivity contribution is -0.124. The quantitative estimate of drug-likeness (QED) is 0.770. The first kappa shape index (κ1) is 18.6. The van der Waals surface area contributed by atoms with Crippen LogP contribution in [0.15, 0.2) is 42.5 Å². The van der Waals surface area contributed by atoms with E-state index in [1.807, 2.05) is 6.07 Å². The second-order valence-electron chi connectivity index (χ2n) is 5.28. The summed E-state index contributed by atoms with van der Waals surface area (Å²) in [6.07, 6.45) is 0. The summed E-state index contributed by atoms with van der Waals surface area (Å²) in [5.74, 6) is -1.47. The lowest BCUT2D eigenvalue weighted by Crippen LogP contribution is -2.31. The lowest BCUT2D eigenvalue weighted by atomic mass is 10.1. The molecule has 2 aromatic rings. The maximum atomic E-state index is 12.0. The number of halogens is 1. The standard InChI is InChI=1S/C18H18ClNO5/c1-11(12-5-3-6-13(19)9-12)20-16(21)10-25-18(23)14-7-4-8-15(24-2)17(14)22/h3-9,11,22H,10H2,1-2H3,(H,20,21). The number of esters is 1. The van der Waals surface area contributed by atoms with Crippen LogP contribution < -0.4 is 10.1 Å². The first-order valence-electron chi connectivity index (χ1n) is 7.50. The highest BCUT2D eigenvalue weighted by Gasteiger charge is 2.18. The van der Waals surface area contributed by atoms with Gasteiger partial charge in [-0.1, -0.05) is 29.8 Å². The molecule has 0 aliphatic carbocycles. The second-order valence-corrected chi connectivity index (χ2v) is 5.71. The Morgan fingerprint density at radius 3 is 2.64 bits per heavy atom. The number of aromatic hydroxyl groups is 1. The number of nitrogens with one attached hydrogen (secondary N) is 1. The molecule has 2 aromatic carbocycles. The zero-order valence-electron chi connectivity index (χ0n) is 13.8. The van der Waals surface area contributed by atoms with E-state index in [9.17, 15) is 14.7 Å². The number of hydrogen-bond acceptors (Lipinski definition) is 5. The highest BCUT2D eigenvalue weighted by Crippen LogP contribution is 2.29. The number of methoxy groups -OCH3 is 1. The number of benzene rings is 2. The molecular formula is C18H18ClNO5. The molecule has 0 aliphatic rings. The van der Waals surface area contributed by atoms with E-state index in [1.165, 1.54) is 25.3 Å². The topological polar surface area (TPSA) is 84.9 Å². The number of carbonyl (C=O) groups excluding carboxylic acids is 2. The van der Waals surface area contributed by atoms with E-state index in [2.05, 4.69) is 5.32 Å². The summed E-state index contributed by atoms with van der Waals surface area (Å²) in [5.41, 5.74) is 0.757. The van der Waals surface area contributed by atoms with Crippen LogP contribution in [0.2, 0.25) is 5.02 Å². The van der Waals surface area contributed by atoms with Crippen LogP contribution in [0.3, 0.4) is 0 Å². The molecular weight excluding hydrogens is 346 g/mol. The van der Waals surface area contributed by atoms with Crippen molar-refractivity contribution in [3.63, 3.8) is 0 Å². The van der Waals surface area contributed by atoms with Gasteiger partial charge in [-0.05, 0) is 36.8 Å². The Morgan fingerprint density at radius 1 is 1.24 bits per heavy atom. The average molecular weight is 364 g/mol. The molecule has 2 N–H and O–H groups in total. The second kappa shape index (κ2) is 8.39. The van der Waals surface area contributed by atoms with Crippen molar-refractivity contribution in [2.45, 2.75) is 13.0 Å². The average Bonchev–Trinajstić information content (AvgIpc) is 2.59. The van der Waals surface area contributed by atoms with Crippen LogP contribution in [0.4, 0.5) is 0 Å². The number of amides is 1. The monoisotopic (exact) mass is 363 g/mol. The fourth-order valence-corrected chi connectivity index (χ4v) is 2.40. The van der Waals surface area contributed by atoms with Crippen molar-refractivity contribution < 1.29 is 24.2 Å². The molecule has 0 saturated heterocycles. The van der Waals surface area contributed by atoms with Crippen molar-refractivity contribution in [2.75, 3.05) is 13.7 Å². The van der Waals surface area contributed by atoms with E-state index in [0.717, 1.165) is 5.56 Å². The Kier molecular flexibility index (Phi) is 6.25. The molecule has 1 amide bonds. The third-order valence-corrected chi connectivity index (χ3v) is 3.73. The first-order valence-corrected chi connectivity index (χ1v) is 7.88. The number of phenols is 1. The molecule has 0 radical (unpaired) electrons. The highest BCUT2D eigenvalue weighted by atomic mass is 35.5. The molecule has 132 valence electrons. The number of hydrogen-bond donors (Lipinski definition) is 2. The zero-order valence-corrected chi connectivity index (χ0v) is 14.5. The molecule has 1 atom stereocenters. The van der Waals surface area contributed by atoms with Crippen LogP contribution in [0.1, 0.15) is 28.9 Å². The van der Waals surface area contributed by atoms with Gasteiger partial charge in [-0.3, -0.25) is 4.79 Å². The van der Waals surface area contributed by atoms with E-state index in [-0.39, 0.29) is 23.1 Å². The van der Waals surface area contributed by atoms with Gasteiger partial charge in [0.25, 0.3) is 5.91 Å². The summed E-state index contributed by atoms with van der Waals surface area (Å²) in [6.45, 7) is 1.32. The fraction of sp³-hybridized carbons (Fsp3) is 0.222. The van der Waals surface area contributed by atoms with E-state index in [1.54, 1.807) is 25.1 Å². The van der Waals surface area contributed by atoms with Crippen LogP contribution in [0, 0.1) is 0 Å². The van der Waals surface area contributed by atoms with Crippen LogP contribution in [0.5, 0.6) is 11.5 Å². The zero-order chi connectivity index (χ0) is 18.4. The third kappa shape index (κ3) is 4.87. The Balaban J connectivity index is 1.92. The van der Waals surface area contributed by atoms with Gasteiger partial charge in [0.05, 0.1) is 13.2 Å². The molecule has 6 nitrogen and oxygen atoms in total. The minimum absolute atomic E-state index is 0.0740. The molecule has 0 aliphatic heterocycles. The Bertz CT molecular complexity index is 778. The number of phenolic OH excluding ortho intramolecular Hbond substituents is 1. The third-order valence-electron chi connectivity index (χ3n) is 3.50.